The molecule has 0 aliphatic rings. The molecule has 1 aromatic carbocycles. The van der Waals surface area contributed by atoms with Crippen LogP contribution in [0.3, 0.4) is 0 Å². The zero-order valence-electron chi connectivity index (χ0n) is 8.39. The van der Waals surface area contributed by atoms with E-state index in [1.807, 2.05) is 0 Å². The second-order valence-electron chi connectivity index (χ2n) is 3.27. The summed E-state index contributed by atoms with van der Waals surface area (Å²) in [5.41, 5.74) is 0.391. The van der Waals surface area contributed by atoms with E-state index in [1.165, 1.54) is 6.07 Å². The van der Waals surface area contributed by atoms with Crippen LogP contribution in [0.1, 0.15) is 11.4 Å². The Morgan fingerprint density at radius 2 is 2.06 bits per heavy atom. The minimum atomic E-state index is -3.96. The lowest BCUT2D eigenvalue weighted by molar-refractivity contribution is 0.601. The summed E-state index contributed by atoms with van der Waals surface area (Å²) in [6.07, 6.45) is 0.117. The van der Waals surface area contributed by atoms with Crippen LogP contribution in [-0.4, -0.2) is 23.6 Å². The van der Waals surface area contributed by atoms with Gasteiger partial charge in [0.25, 0.3) is 14.2 Å². The van der Waals surface area contributed by atoms with E-state index in [2.05, 4.69) is 15.2 Å². The molecule has 0 aliphatic carbocycles. The fourth-order valence-electron chi connectivity index (χ4n) is 1.29. The van der Waals surface area contributed by atoms with Gasteiger partial charge in [-0.15, -0.1) is 5.10 Å². The first-order valence-corrected chi connectivity index (χ1v) is 6.87. The molecular weight excluding hydrogens is 269 g/mol. The third-order valence-electron chi connectivity index (χ3n) is 2.05. The number of hydrogen-bond donors (Lipinski definition) is 1. The minimum Gasteiger partial charge on any atom is -0.262 e. The molecule has 90 valence electrons. The van der Waals surface area contributed by atoms with Gasteiger partial charge in [-0.25, -0.2) is 17.8 Å². The van der Waals surface area contributed by atoms with Crippen LogP contribution in [0.2, 0.25) is 0 Å². The Morgan fingerprint density at radius 1 is 1.35 bits per heavy atom. The molecular formula is C9H7ClFN3O2S. The molecule has 0 aliphatic heterocycles. The number of benzene rings is 1. The maximum atomic E-state index is 13.3. The van der Waals surface area contributed by atoms with Gasteiger partial charge < -0.3 is 0 Å². The molecule has 17 heavy (non-hydrogen) atoms. The zero-order valence-corrected chi connectivity index (χ0v) is 9.96. The molecule has 1 N–H and O–H groups in total. The molecule has 0 amide bonds. The van der Waals surface area contributed by atoms with E-state index in [-0.39, 0.29) is 18.1 Å². The summed E-state index contributed by atoms with van der Waals surface area (Å²) in [4.78, 5) is 3.66. The van der Waals surface area contributed by atoms with E-state index >= 15 is 0 Å². The molecule has 0 saturated carbocycles. The van der Waals surface area contributed by atoms with Crippen LogP contribution in [-0.2, 0) is 15.5 Å². The largest absolute Gasteiger partial charge is 0.298 e. The number of halogens is 2. The molecule has 0 unspecified atom stereocenters. The first-order chi connectivity index (χ1) is 7.97. The molecule has 0 saturated heterocycles. The van der Waals surface area contributed by atoms with Crippen molar-refractivity contribution in [3.63, 3.8) is 0 Å². The number of aromatic nitrogens is 3. The predicted molar refractivity (Wildman–Crippen MR) is 58.6 cm³/mol. The lowest BCUT2D eigenvalue weighted by atomic mass is 10.1. The maximum Gasteiger partial charge on any atom is 0.298 e. The molecule has 5 nitrogen and oxygen atoms in total. The third-order valence-corrected chi connectivity index (χ3v) is 3.08. The van der Waals surface area contributed by atoms with E-state index in [0.29, 0.717) is 5.56 Å². The fraction of sp³-hybridized carbons (Fsp3) is 0.111. The van der Waals surface area contributed by atoms with Gasteiger partial charge in [0.1, 0.15) is 11.6 Å². The fourth-order valence-corrected chi connectivity index (χ4v) is 1.87. The summed E-state index contributed by atoms with van der Waals surface area (Å²) in [7, 11) is 1.10. The molecule has 0 radical (unpaired) electrons. The lowest BCUT2D eigenvalue weighted by Gasteiger charge is -1.98. The molecule has 0 bridgehead atoms. The molecule has 0 spiro atoms. The van der Waals surface area contributed by atoms with Crippen molar-refractivity contribution in [3.05, 3.63) is 41.5 Å². The van der Waals surface area contributed by atoms with Crippen molar-refractivity contribution < 1.29 is 12.8 Å². The second-order valence-corrected chi connectivity index (χ2v) is 5.73. The van der Waals surface area contributed by atoms with E-state index in [1.54, 1.807) is 18.2 Å². The summed E-state index contributed by atoms with van der Waals surface area (Å²) < 4.78 is 35.1. The Bertz CT molecular complexity index is 641. The predicted octanol–water partition coefficient (Wildman–Crippen LogP) is 1.46. The van der Waals surface area contributed by atoms with Crippen LogP contribution in [0.4, 0.5) is 4.39 Å². The van der Waals surface area contributed by atoms with Gasteiger partial charge in [0.2, 0.25) is 0 Å². The van der Waals surface area contributed by atoms with Gasteiger partial charge in [-0.05, 0) is 11.6 Å². The van der Waals surface area contributed by atoms with Gasteiger partial charge in [0.05, 0.1) is 0 Å². The molecule has 1 heterocycles. The molecule has 1 aromatic heterocycles. The van der Waals surface area contributed by atoms with Crippen molar-refractivity contribution in [2.45, 2.75) is 11.6 Å². The highest BCUT2D eigenvalue weighted by molar-refractivity contribution is 8.13. The van der Waals surface area contributed by atoms with E-state index in [4.69, 9.17) is 10.7 Å². The van der Waals surface area contributed by atoms with Crippen molar-refractivity contribution in [2.24, 2.45) is 0 Å². The summed E-state index contributed by atoms with van der Waals surface area (Å²) in [6.45, 7) is 0. The monoisotopic (exact) mass is 275 g/mol. The Morgan fingerprint density at radius 3 is 2.65 bits per heavy atom. The van der Waals surface area contributed by atoms with Crippen LogP contribution in [0, 0.1) is 5.82 Å². The molecule has 0 fully saturated rings. The second kappa shape index (κ2) is 4.42. The maximum absolute atomic E-state index is 13.3. The van der Waals surface area contributed by atoms with Crippen molar-refractivity contribution in [2.75, 3.05) is 0 Å². The van der Waals surface area contributed by atoms with Crippen molar-refractivity contribution in [3.8, 4) is 0 Å². The van der Waals surface area contributed by atoms with E-state index in [9.17, 15) is 12.8 Å². The van der Waals surface area contributed by atoms with Crippen LogP contribution >= 0.6 is 10.7 Å². The normalized spacial score (nSPS) is 11.6. The zero-order chi connectivity index (χ0) is 12.5. The van der Waals surface area contributed by atoms with Crippen LogP contribution in [0.5, 0.6) is 0 Å². The van der Waals surface area contributed by atoms with Gasteiger partial charge in [-0.2, -0.15) is 0 Å². The summed E-state index contributed by atoms with van der Waals surface area (Å²) in [5, 5.41) is 5.32. The molecule has 8 heteroatoms. The van der Waals surface area contributed by atoms with Crippen molar-refractivity contribution >= 4 is 19.7 Å². The summed E-state index contributed by atoms with van der Waals surface area (Å²) >= 11 is 0. The highest BCUT2D eigenvalue weighted by atomic mass is 35.7. The molecule has 2 aromatic rings. The van der Waals surface area contributed by atoms with E-state index < -0.39 is 14.2 Å². The topological polar surface area (TPSA) is 75.7 Å². The first kappa shape index (κ1) is 12.0. The Labute approximate surface area is 101 Å². The van der Waals surface area contributed by atoms with E-state index in [0.717, 1.165) is 0 Å². The van der Waals surface area contributed by atoms with Gasteiger partial charge in [0, 0.05) is 17.1 Å². The molecule has 0 atom stereocenters. The van der Waals surface area contributed by atoms with Crippen molar-refractivity contribution in [1.29, 1.82) is 0 Å². The summed E-state index contributed by atoms with van der Waals surface area (Å²) in [6, 6.07) is 6.12. The number of aromatic amines is 1. The Kier molecular flexibility index (Phi) is 3.12. The summed E-state index contributed by atoms with van der Waals surface area (Å²) in [5.74, 6) is -0.159. The van der Waals surface area contributed by atoms with Crippen LogP contribution in [0.15, 0.2) is 29.4 Å². The van der Waals surface area contributed by atoms with Crippen LogP contribution in [0.25, 0.3) is 0 Å². The quantitative estimate of drug-likeness (QED) is 0.861. The first-order valence-electron chi connectivity index (χ1n) is 4.56. The van der Waals surface area contributed by atoms with Crippen molar-refractivity contribution in [1.82, 2.24) is 15.2 Å². The average Bonchev–Trinajstić information content (AvgIpc) is 2.69. The Hall–Kier alpha value is -1.47. The minimum absolute atomic E-state index is 0.117. The lowest BCUT2D eigenvalue weighted by Crippen LogP contribution is -1.96. The van der Waals surface area contributed by atoms with Gasteiger partial charge in [-0.3, -0.25) is 5.10 Å². The number of rotatable bonds is 3. The standard InChI is InChI=1S/C9H7ClFN3O2S/c10-17(15,16)9-12-8(13-14-9)5-6-3-1-2-4-7(6)11/h1-4H,5H2,(H,12,13,14). The number of hydrogen-bond acceptors (Lipinski definition) is 4. The average molecular weight is 276 g/mol. The van der Waals surface area contributed by atoms with Gasteiger partial charge >= 0.3 is 0 Å². The number of nitrogens with one attached hydrogen (secondary N) is 1. The SMILES string of the molecule is O=S(=O)(Cl)c1n[nH]c(Cc2ccccc2F)n1. The number of H-pyrrole nitrogens is 1. The smallest absolute Gasteiger partial charge is 0.262 e. The number of nitrogens with zero attached hydrogens (tertiary/aromatic N) is 2. The Balaban J connectivity index is 2.26. The van der Waals surface area contributed by atoms with Gasteiger partial charge in [0.15, 0.2) is 0 Å². The third kappa shape index (κ3) is 2.80. The van der Waals surface area contributed by atoms with Gasteiger partial charge in [-0.1, -0.05) is 18.2 Å². The highest BCUT2D eigenvalue weighted by Gasteiger charge is 2.17. The molecule has 2 rings (SSSR count). The van der Waals surface area contributed by atoms with Crippen LogP contribution < -0.4 is 0 Å². The highest BCUT2D eigenvalue weighted by Crippen LogP contribution is 2.13.